The Morgan fingerprint density at radius 3 is 2.44 bits per heavy atom. The van der Waals surface area contributed by atoms with E-state index in [4.69, 9.17) is 4.42 Å². The van der Waals surface area contributed by atoms with Gasteiger partial charge in [-0.15, -0.1) is 0 Å². The maximum atomic E-state index is 12.3. The molecule has 0 saturated carbocycles. The van der Waals surface area contributed by atoms with E-state index < -0.39 is 0 Å². The number of furan rings is 1. The summed E-state index contributed by atoms with van der Waals surface area (Å²) >= 11 is 0. The third-order valence-electron chi connectivity index (χ3n) is 3.13. The van der Waals surface area contributed by atoms with Gasteiger partial charge in [0.05, 0.1) is 6.26 Å². The van der Waals surface area contributed by atoms with Gasteiger partial charge < -0.3 is 4.42 Å². The van der Waals surface area contributed by atoms with Crippen LogP contribution in [0.1, 0.15) is 21.7 Å². The lowest BCUT2D eigenvalue weighted by Crippen LogP contribution is -2.01. The van der Waals surface area contributed by atoms with Gasteiger partial charge in [-0.1, -0.05) is 36.4 Å². The second kappa shape index (κ2) is 4.15. The maximum Gasteiger partial charge on any atom is 0.228 e. The number of hydrogen-bond donors (Lipinski definition) is 0. The minimum atomic E-state index is -0.0730. The Morgan fingerprint density at radius 1 is 0.944 bits per heavy atom. The zero-order chi connectivity index (χ0) is 12.5. The highest BCUT2D eigenvalue weighted by atomic mass is 16.3. The third kappa shape index (κ3) is 1.63. The molecule has 2 aromatic carbocycles. The molecule has 18 heavy (non-hydrogen) atoms. The van der Waals surface area contributed by atoms with Crippen molar-refractivity contribution >= 4 is 16.6 Å². The summed E-state index contributed by atoms with van der Waals surface area (Å²) in [7, 11) is 0. The molecule has 0 unspecified atom stereocenters. The summed E-state index contributed by atoms with van der Waals surface area (Å²) in [6, 6.07) is 15.2. The molecular formula is C16H12O2. The predicted molar refractivity (Wildman–Crippen MR) is 70.8 cm³/mol. The number of fused-ring (bicyclic) bond motifs is 1. The summed E-state index contributed by atoms with van der Waals surface area (Å²) in [6.45, 7) is 2.05. The molecule has 2 heteroatoms. The average molecular weight is 236 g/mol. The van der Waals surface area contributed by atoms with Gasteiger partial charge in [0.2, 0.25) is 5.78 Å². The van der Waals surface area contributed by atoms with E-state index in [0.717, 1.165) is 10.8 Å². The van der Waals surface area contributed by atoms with Crippen LogP contribution in [0.15, 0.2) is 59.2 Å². The fraction of sp³-hybridized carbons (Fsp3) is 0.0625. The van der Waals surface area contributed by atoms with Crippen molar-refractivity contribution in [2.45, 2.75) is 6.92 Å². The molecule has 0 atom stereocenters. The molecule has 3 rings (SSSR count). The van der Waals surface area contributed by atoms with E-state index in [1.54, 1.807) is 12.1 Å². The number of ketones is 1. The molecule has 88 valence electrons. The molecule has 3 aromatic rings. The van der Waals surface area contributed by atoms with E-state index in [-0.39, 0.29) is 5.78 Å². The lowest BCUT2D eigenvalue weighted by Gasteiger charge is -2.06. The van der Waals surface area contributed by atoms with E-state index in [9.17, 15) is 4.79 Å². The van der Waals surface area contributed by atoms with Crippen molar-refractivity contribution in [2.24, 2.45) is 0 Å². The highest BCUT2D eigenvalue weighted by molar-refractivity contribution is 6.15. The molecule has 0 radical (unpaired) electrons. The molecule has 0 fully saturated rings. The number of benzene rings is 2. The first-order chi connectivity index (χ1) is 8.77. The van der Waals surface area contributed by atoms with Crippen molar-refractivity contribution in [3.63, 3.8) is 0 Å². The number of hydrogen-bond acceptors (Lipinski definition) is 2. The van der Waals surface area contributed by atoms with Crippen LogP contribution in [0.3, 0.4) is 0 Å². The SMILES string of the molecule is Cc1ccc(C(=O)c2ccco2)c2ccccc12. The summed E-state index contributed by atoms with van der Waals surface area (Å²) in [4.78, 5) is 12.3. The molecule has 0 bridgehead atoms. The predicted octanol–water partition coefficient (Wildman–Crippen LogP) is 3.97. The van der Waals surface area contributed by atoms with Gasteiger partial charge in [0, 0.05) is 5.56 Å². The Kier molecular flexibility index (Phi) is 2.49. The van der Waals surface area contributed by atoms with Crippen LogP contribution in [0, 0.1) is 6.92 Å². The highest BCUT2D eigenvalue weighted by Crippen LogP contribution is 2.24. The van der Waals surface area contributed by atoms with Crippen LogP contribution in [0.4, 0.5) is 0 Å². The monoisotopic (exact) mass is 236 g/mol. The second-order valence-corrected chi connectivity index (χ2v) is 4.28. The number of rotatable bonds is 2. The van der Waals surface area contributed by atoms with Crippen LogP contribution in [-0.2, 0) is 0 Å². The molecule has 0 amide bonds. The highest BCUT2D eigenvalue weighted by Gasteiger charge is 2.15. The normalized spacial score (nSPS) is 10.7. The fourth-order valence-corrected chi connectivity index (χ4v) is 2.19. The Hall–Kier alpha value is -2.35. The van der Waals surface area contributed by atoms with Crippen molar-refractivity contribution < 1.29 is 9.21 Å². The van der Waals surface area contributed by atoms with Crippen LogP contribution in [0.5, 0.6) is 0 Å². The molecule has 2 nitrogen and oxygen atoms in total. The number of aryl methyl sites for hydroxylation is 1. The molecule has 0 spiro atoms. The number of carbonyl (C=O) groups is 1. The Balaban J connectivity index is 2.25. The third-order valence-corrected chi connectivity index (χ3v) is 3.13. The van der Waals surface area contributed by atoms with Gasteiger partial charge in [-0.25, -0.2) is 0 Å². The average Bonchev–Trinajstić information content (AvgIpc) is 2.93. The van der Waals surface area contributed by atoms with E-state index in [0.29, 0.717) is 11.3 Å². The molecule has 0 aliphatic heterocycles. The van der Waals surface area contributed by atoms with Crippen molar-refractivity contribution in [1.29, 1.82) is 0 Å². The minimum Gasteiger partial charge on any atom is -0.461 e. The second-order valence-electron chi connectivity index (χ2n) is 4.28. The molecule has 1 heterocycles. The van der Waals surface area contributed by atoms with Crippen LogP contribution < -0.4 is 0 Å². The molecule has 0 aliphatic rings. The lowest BCUT2D eigenvalue weighted by molar-refractivity contribution is 0.101. The van der Waals surface area contributed by atoms with Gasteiger partial charge in [0.25, 0.3) is 0 Å². The number of carbonyl (C=O) groups excluding carboxylic acids is 1. The summed E-state index contributed by atoms with van der Waals surface area (Å²) in [5.41, 5.74) is 1.85. The molecule has 0 aliphatic carbocycles. The Labute approximate surface area is 105 Å². The minimum absolute atomic E-state index is 0.0730. The Bertz CT molecular complexity index is 709. The zero-order valence-electron chi connectivity index (χ0n) is 10.0. The van der Waals surface area contributed by atoms with Crippen LogP contribution in [0.2, 0.25) is 0 Å². The van der Waals surface area contributed by atoms with Gasteiger partial charge >= 0.3 is 0 Å². The summed E-state index contributed by atoms with van der Waals surface area (Å²) in [6.07, 6.45) is 1.52. The summed E-state index contributed by atoms with van der Waals surface area (Å²) in [5.74, 6) is 0.306. The van der Waals surface area contributed by atoms with E-state index in [1.165, 1.54) is 11.8 Å². The van der Waals surface area contributed by atoms with Crippen molar-refractivity contribution in [3.05, 3.63) is 71.7 Å². The van der Waals surface area contributed by atoms with Gasteiger partial charge in [-0.2, -0.15) is 0 Å². The standard InChI is InChI=1S/C16H12O2/c1-11-8-9-14(13-6-3-2-5-12(11)13)16(17)15-7-4-10-18-15/h2-10H,1H3. The lowest BCUT2D eigenvalue weighted by atomic mass is 9.97. The van der Waals surface area contributed by atoms with Crippen LogP contribution in [0.25, 0.3) is 10.8 Å². The topological polar surface area (TPSA) is 30.2 Å². The molecular weight excluding hydrogens is 224 g/mol. The van der Waals surface area contributed by atoms with Crippen molar-refractivity contribution in [2.75, 3.05) is 0 Å². The van der Waals surface area contributed by atoms with Gasteiger partial charge in [0.15, 0.2) is 5.76 Å². The maximum absolute atomic E-state index is 12.3. The van der Waals surface area contributed by atoms with Crippen LogP contribution >= 0.6 is 0 Å². The van der Waals surface area contributed by atoms with Crippen molar-refractivity contribution in [1.82, 2.24) is 0 Å². The van der Waals surface area contributed by atoms with Crippen molar-refractivity contribution in [3.8, 4) is 0 Å². The Morgan fingerprint density at radius 2 is 1.72 bits per heavy atom. The summed E-state index contributed by atoms with van der Waals surface area (Å²) in [5, 5.41) is 2.08. The smallest absolute Gasteiger partial charge is 0.228 e. The van der Waals surface area contributed by atoms with Gasteiger partial charge in [0.1, 0.15) is 0 Å². The quantitative estimate of drug-likeness (QED) is 0.630. The van der Waals surface area contributed by atoms with E-state index in [2.05, 4.69) is 0 Å². The van der Waals surface area contributed by atoms with Gasteiger partial charge in [-0.05, 0) is 35.4 Å². The molecule has 0 saturated heterocycles. The zero-order valence-corrected chi connectivity index (χ0v) is 10.0. The first-order valence-corrected chi connectivity index (χ1v) is 5.84. The largest absolute Gasteiger partial charge is 0.461 e. The van der Waals surface area contributed by atoms with E-state index in [1.807, 2.05) is 43.3 Å². The van der Waals surface area contributed by atoms with E-state index >= 15 is 0 Å². The first kappa shape index (κ1) is 10.8. The van der Waals surface area contributed by atoms with Gasteiger partial charge in [-0.3, -0.25) is 4.79 Å². The molecule has 0 N–H and O–H groups in total. The summed E-state index contributed by atoms with van der Waals surface area (Å²) < 4.78 is 5.18. The van der Waals surface area contributed by atoms with Crippen LogP contribution in [-0.4, -0.2) is 5.78 Å². The first-order valence-electron chi connectivity index (χ1n) is 5.84. The fourth-order valence-electron chi connectivity index (χ4n) is 2.19. The molecule has 1 aromatic heterocycles.